The van der Waals surface area contributed by atoms with E-state index in [4.69, 9.17) is 5.26 Å². The zero-order valence-electron chi connectivity index (χ0n) is 14.0. The first kappa shape index (κ1) is 16.4. The van der Waals surface area contributed by atoms with Crippen molar-refractivity contribution in [1.82, 2.24) is 4.90 Å². The average molecular weight is 319 g/mol. The quantitative estimate of drug-likeness (QED) is 0.751. The van der Waals surface area contributed by atoms with Crippen molar-refractivity contribution >= 4 is 12.1 Å². The summed E-state index contributed by atoms with van der Waals surface area (Å²) in [6.07, 6.45) is 5.69. The number of carbonyl (C=O) groups excluding carboxylic acids is 1. The minimum atomic E-state index is -0.891. The Bertz CT molecular complexity index is 527. The fraction of sp³-hybridized carbons (Fsp3) is 0.833. The summed E-state index contributed by atoms with van der Waals surface area (Å²) in [5, 5.41) is 9.05. The van der Waals surface area contributed by atoms with Gasteiger partial charge in [0, 0.05) is 30.0 Å². The van der Waals surface area contributed by atoms with Crippen LogP contribution in [0, 0.1) is 34.5 Å². The van der Waals surface area contributed by atoms with Crippen LogP contribution in [0.25, 0.3) is 0 Å². The van der Waals surface area contributed by atoms with Crippen LogP contribution in [0.2, 0.25) is 0 Å². The lowest BCUT2D eigenvalue weighted by Crippen LogP contribution is -2.36. The van der Waals surface area contributed by atoms with Crippen molar-refractivity contribution in [3.8, 4) is 6.07 Å². The van der Waals surface area contributed by atoms with Gasteiger partial charge in [-0.3, -0.25) is 9.79 Å². The maximum absolute atomic E-state index is 13.4. The van der Waals surface area contributed by atoms with Crippen molar-refractivity contribution in [3.05, 3.63) is 0 Å². The van der Waals surface area contributed by atoms with E-state index in [1.165, 1.54) is 0 Å². The number of amides is 1. The molecule has 3 rings (SSSR count). The molecule has 0 spiro atoms. The van der Waals surface area contributed by atoms with Crippen LogP contribution in [-0.2, 0) is 4.79 Å². The van der Waals surface area contributed by atoms with E-state index < -0.39 is 6.17 Å². The number of fused-ring (bicyclic) bond motifs is 1. The van der Waals surface area contributed by atoms with Gasteiger partial charge < -0.3 is 4.90 Å². The molecule has 0 aromatic carbocycles. The Morgan fingerprint density at radius 3 is 2.57 bits per heavy atom. The molecular weight excluding hydrogens is 293 g/mol. The molecule has 2 saturated carbocycles. The molecule has 1 saturated heterocycles. The van der Waals surface area contributed by atoms with Crippen molar-refractivity contribution in [2.24, 2.45) is 28.2 Å². The van der Waals surface area contributed by atoms with E-state index in [9.17, 15) is 9.18 Å². The van der Waals surface area contributed by atoms with Gasteiger partial charge in [-0.15, -0.1) is 0 Å². The molecule has 0 N–H and O–H groups in total. The number of aliphatic imine (C=N–C) groups is 1. The predicted octanol–water partition coefficient (Wildman–Crippen LogP) is 2.98. The molecule has 126 valence electrons. The van der Waals surface area contributed by atoms with Gasteiger partial charge in [0.25, 0.3) is 0 Å². The molecule has 1 amide bonds. The predicted molar refractivity (Wildman–Crippen MR) is 86.7 cm³/mol. The molecular formula is C18H26FN3O. The topological polar surface area (TPSA) is 56.5 Å². The van der Waals surface area contributed by atoms with Gasteiger partial charge in [-0.1, -0.05) is 6.92 Å². The number of nitrogens with zero attached hydrogens (tertiary/aromatic N) is 3. The number of alkyl halides is 1. The second-order valence-corrected chi connectivity index (χ2v) is 8.08. The third kappa shape index (κ3) is 3.41. The molecule has 23 heavy (non-hydrogen) atoms. The Balaban J connectivity index is 1.51. The van der Waals surface area contributed by atoms with Crippen molar-refractivity contribution in [1.29, 1.82) is 5.26 Å². The third-order valence-electron chi connectivity index (χ3n) is 5.95. The fourth-order valence-corrected chi connectivity index (χ4v) is 4.95. The molecule has 1 heterocycles. The number of nitriles is 1. The zero-order valence-corrected chi connectivity index (χ0v) is 14.0. The van der Waals surface area contributed by atoms with E-state index in [-0.39, 0.29) is 36.4 Å². The van der Waals surface area contributed by atoms with Crippen LogP contribution in [0.1, 0.15) is 46.0 Å². The summed E-state index contributed by atoms with van der Waals surface area (Å²) < 4.78 is 13.4. The molecule has 3 fully saturated rings. The first-order valence-electron chi connectivity index (χ1n) is 8.74. The smallest absolute Gasteiger partial charge is 0.244 e. The fourth-order valence-electron chi connectivity index (χ4n) is 4.95. The highest BCUT2D eigenvalue weighted by molar-refractivity contribution is 5.81. The van der Waals surface area contributed by atoms with Gasteiger partial charge in [-0.05, 0) is 44.4 Å². The van der Waals surface area contributed by atoms with Gasteiger partial charge in [-0.25, -0.2) is 4.39 Å². The molecule has 0 aromatic heterocycles. The first-order chi connectivity index (χ1) is 10.9. The Morgan fingerprint density at radius 2 is 2.04 bits per heavy atom. The average Bonchev–Trinajstić information content (AvgIpc) is 3.09. The Labute approximate surface area is 137 Å². The number of hydrogen-bond donors (Lipinski definition) is 0. The first-order valence-corrected chi connectivity index (χ1v) is 8.74. The van der Waals surface area contributed by atoms with Crippen LogP contribution in [0.3, 0.4) is 0 Å². The van der Waals surface area contributed by atoms with Gasteiger partial charge in [-0.2, -0.15) is 5.26 Å². The van der Waals surface area contributed by atoms with Gasteiger partial charge in [0.2, 0.25) is 5.91 Å². The normalized spacial score (nSPS) is 43.0. The monoisotopic (exact) mass is 319 g/mol. The van der Waals surface area contributed by atoms with Gasteiger partial charge in [0.05, 0.1) is 12.6 Å². The second-order valence-electron chi connectivity index (χ2n) is 8.08. The Hall–Kier alpha value is -1.44. The summed E-state index contributed by atoms with van der Waals surface area (Å²) in [4.78, 5) is 18.2. The van der Waals surface area contributed by atoms with Crippen LogP contribution >= 0.6 is 0 Å². The lowest BCUT2D eigenvalue weighted by atomic mass is 9.86. The van der Waals surface area contributed by atoms with Crippen molar-refractivity contribution < 1.29 is 9.18 Å². The summed E-state index contributed by atoms with van der Waals surface area (Å²) in [6, 6.07) is 2.39. The molecule has 1 aliphatic heterocycles. The molecule has 2 aliphatic carbocycles. The van der Waals surface area contributed by atoms with E-state index in [2.05, 4.69) is 18.0 Å². The molecule has 5 heteroatoms. The highest BCUT2D eigenvalue weighted by atomic mass is 19.1. The number of rotatable bonds is 3. The van der Waals surface area contributed by atoms with Crippen LogP contribution < -0.4 is 0 Å². The Morgan fingerprint density at radius 1 is 1.39 bits per heavy atom. The molecule has 0 radical (unpaired) electrons. The van der Waals surface area contributed by atoms with Crippen molar-refractivity contribution in [2.75, 3.05) is 13.1 Å². The van der Waals surface area contributed by atoms with Gasteiger partial charge >= 0.3 is 0 Å². The summed E-state index contributed by atoms with van der Waals surface area (Å²) in [5.41, 5.74) is 0.0509. The van der Waals surface area contributed by atoms with Crippen LogP contribution in [-0.4, -0.2) is 42.3 Å². The maximum Gasteiger partial charge on any atom is 0.244 e. The molecule has 4 atom stereocenters. The third-order valence-corrected chi connectivity index (χ3v) is 5.95. The minimum absolute atomic E-state index is 0.0166. The number of carbonyl (C=O) groups is 1. The van der Waals surface area contributed by atoms with Crippen LogP contribution in [0.15, 0.2) is 4.99 Å². The lowest BCUT2D eigenvalue weighted by Gasteiger charge is -2.22. The van der Waals surface area contributed by atoms with E-state index in [0.29, 0.717) is 18.3 Å². The summed E-state index contributed by atoms with van der Waals surface area (Å²) in [6.45, 7) is 4.44. The highest BCUT2D eigenvalue weighted by Gasteiger charge is 2.46. The van der Waals surface area contributed by atoms with E-state index in [0.717, 1.165) is 25.7 Å². The highest BCUT2D eigenvalue weighted by Crippen LogP contribution is 2.53. The standard InChI is InChI=1S/C18H26FN3O/c1-12-3-16(19)10-22(12)17(23)9-21-11-18(2)6-14-4-13(8-20)5-15(14)7-18/h11-16H,3-7,9-10H2,1-2H3. The lowest BCUT2D eigenvalue weighted by molar-refractivity contribution is -0.130. The van der Waals surface area contributed by atoms with E-state index in [1.54, 1.807) is 4.90 Å². The van der Waals surface area contributed by atoms with Crippen molar-refractivity contribution in [3.63, 3.8) is 0 Å². The van der Waals surface area contributed by atoms with Crippen LogP contribution in [0.5, 0.6) is 0 Å². The summed E-state index contributed by atoms with van der Waals surface area (Å²) in [5.74, 6) is 1.44. The summed E-state index contributed by atoms with van der Waals surface area (Å²) >= 11 is 0. The number of halogens is 1. The van der Waals surface area contributed by atoms with Crippen LogP contribution in [0.4, 0.5) is 4.39 Å². The number of likely N-dealkylation sites (tertiary alicyclic amines) is 1. The molecule has 3 aliphatic rings. The SMILES string of the molecule is CC1CC(F)CN1C(=O)CN=CC1(C)CC2CC(C#N)CC2C1. The number of hydrogen-bond acceptors (Lipinski definition) is 3. The molecule has 0 bridgehead atoms. The second kappa shape index (κ2) is 6.22. The maximum atomic E-state index is 13.4. The minimum Gasteiger partial charge on any atom is -0.335 e. The van der Waals surface area contributed by atoms with E-state index >= 15 is 0 Å². The summed E-state index contributed by atoms with van der Waals surface area (Å²) in [7, 11) is 0. The zero-order chi connectivity index (χ0) is 16.6. The Kier molecular flexibility index (Phi) is 4.44. The van der Waals surface area contributed by atoms with Gasteiger partial charge in [0.15, 0.2) is 0 Å². The molecule has 4 unspecified atom stereocenters. The largest absolute Gasteiger partial charge is 0.335 e. The van der Waals surface area contributed by atoms with Gasteiger partial charge in [0.1, 0.15) is 12.7 Å². The molecule has 0 aromatic rings. The molecule has 4 nitrogen and oxygen atoms in total. The van der Waals surface area contributed by atoms with Crippen molar-refractivity contribution in [2.45, 2.75) is 58.2 Å². The van der Waals surface area contributed by atoms with E-state index in [1.807, 2.05) is 13.1 Å².